The third kappa shape index (κ3) is 3.15. The van der Waals surface area contributed by atoms with Gasteiger partial charge in [0.2, 0.25) is 0 Å². The standard InChI is InChI=1S/C16H25FN2/c1-13(19-11-7-3-4-8-12-19)16(2,18)14-9-5-6-10-15(14)17/h5-6,9-10,13H,3-4,7-8,11-12,18H2,1-2H3. The van der Waals surface area contributed by atoms with Crippen LogP contribution >= 0.6 is 0 Å². The molecule has 1 fully saturated rings. The highest BCUT2D eigenvalue weighted by molar-refractivity contribution is 5.27. The quantitative estimate of drug-likeness (QED) is 0.908. The SMILES string of the molecule is CC(N1CCCCCC1)C(C)(N)c1ccccc1F. The lowest BCUT2D eigenvalue weighted by Gasteiger charge is -2.40. The van der Waals surface area contributed by atoms with Gasteiger partial charge in [0.15, 0.2) is 0 Å². The molecule has 1 saturated heterocycles. The summed E-state index contributed by atoms with van der Waals surface area (Å²) in [5.74, 6) is -0.200. The predicted molar refractivity (Wildman–Crippen MR) is 77.4 cm³/mol. The van der Waals surface area contributed by atoms with E-state index in [-0.39, 0.29) is 11.9 Å². The minimum Gasteiger partial charge on any atom is -0.320 e. The Balaban J connectivity index is 2.20. The number of benzene rings is 1. The van der Waals surface area contributed by atoms with Crippen molar-refractivity contribution in [3.05, 3.63) is 35.6 Å². The van der Waals surface area contributed by atoms with E-state index >= 15 is 0 Å². The van der Waals surface area contributed by atoms with Crippen molar-refractivity contribution in [2.24, 2.45) is 5.73 Å². The van der Waals surface area contributed by atoms with Crippen molar-refractivity contribution >= 4 is 0 Å². The van der Waals surface area contributed by atoms with Crippen LogP contribution < -0.4 is 5.73 Å². The smallest absolute Gasteiger partial charge is 0.128 e. The largest absolute Gasteiger partial charge is 0.320 e. The minimum absolute atomic E-state index is 0.141. The number of nitrogens with two attached hydrogens (primary N) is 1. The Labute approximate surface area is 115 Å². The first kappa shape index (κ1) is 14.5. The maximum atomic E-state index is 14.0. The molecule has 2 unspecified atom stereocenters. The van der Waals surface area contributed by atoms with Crippen molar-refractivity contribution in [3.8, 4) is 0 Å². The van der Waals surface area contributed by atoms with Crippen LogP contribution in [-0.2, 0) is 5.54 Å². The van der Waals surface area contributed by atoms with Gasteiger partial charge < -0.3 is 5.73 Å². The molecule has 1 aromatic carbocycles. The molecule has 0 radical (unpaired) electrons. The molecule has 0 amide bonds. The van der Waals surface area contributed by atoms with Crippen molar-refractivity contribution in [1.29, 1.82) is 0 Å². The highest BCUT2D eigenvalue weighted by Crippen LogP contribution is 2.28. The van der Waals surface area contributed by atoms with Gasteiger partial charge >= 0.3 is 0 Å². The summed E-state index contributed by atoms with van der Waals surface area (Å²) in [5, 5.41) is 0. The van der Waals surface area contributed by atoms with Gasteiger partial charge in [0.25, 0.3) is 0 Å². The van der Waals surface area contributed by atoms with Crippen LogP contribution in [0.3, 0.4) is 0 Å². The van der Waals surface area contributed by atoms with Crippen LogP contribution in [0.15, 0.2) is 24.3 Å². The molecule has 1 aliphatic heterocycles. The highest BCUT2D eigenvalue weighted by Gasteiger charge is 2.34. The molecule has 2 rings (SSSR count). The lowest BCUT2D eigenvalue weighted by molar-refractivity contribution is 0.142. The molecule has 0 spiro atoms. The summed E-state index contributed by atoms with van der Waals surface area (Å²) >= 11 is 0. The summed E-state index contributed by atoms with van der Waals surface area (Å²) in [6, 6.07) is 7.02. The van der Waals surface area contributed by atoms with Gasteiger partial charge in [-0.1, -0.05) is 31.0 Å². The molecule has 0 aromatic heterocycles. The summed E-state index contributed by atoms with van der Waals surface area (Å²) in [6.45, 7) is 6.21. The Kier molecular flexibility index (Phi) is 4.58. The van der Waals surface area contributed by atoms with Crippen LogP contribution in [0.5, 0.6) is 0 Å². The summed E-state index contributed by atoms with van der Waals surface area (Å²) < 4.78 is 14.0. The summed E-state index contributed by atoms with van der Waals surface area (Å²) in [7, 11) is 0. The molecule has 2 nitrogen and oxygen atoms in total. The Bertz CT molecular complexity index is 409. The zero-order valence-corrected chi connectivity index (χ0v) is 12.0. The number of hydrogen-bond acceptors (Lipinski definition) is 2. The predicted octanol–water partition coefficient (Wildman–Crippen LogP) is 3.26. The topological polar surface area (TPSA) is 29.3 Å². The number of likely N-dealkylation sites (tertiary alicyclic amines) is 1. The monoisotopic (exact) mass is 264 g/mol. The number of halogens is 1. The van der Waals surface area contributed by atoms with Crippen LogP contribution in [0.4, 0.5) is 4.39 Å². The molecule has 0 aliphatic carbocycles. The second-order valence-electron chi connectivity index (χ2n) is 5.89. The molecule has 2 atom stereocenters. The van der Waals surface area contributed by atoms with E-state index in [0.717, 1.165) is 13.1 Å². The van der Waals surface area contributed by atoms with Gasteiger partial charge in [0.05, 0.1) is 5.54 Å². The van der Waals surface area contributed by atoms with E-state index in [4.69, 9.17) is 5.73 Å². The Morgan fingerprint density at radius 1 is 1.16 bits per heavy atom. The zero-order chi connectivity index (χ0) is 13.9. The maximum Gasteiger partial charge on any atom is 0.128 e. The average Bonchev–Trinajstić information content (AvgIpc) is 2.67. The van der Waals surface area contributed by atoms with E-state index in [1.165, 1.54) is 31.7 Å². The van der Waals surface area contributed by atoms with Gasteiger partial charge in [-0.2, -0.15) is 0 Å². The van der Waals surface area contributed by atoms with Gasteiger partial charge in [-0.3, -0.25) is 4.90 Å². The van der Waals surface area contributed by atoms with Crippen LogP contribution in [0.2, 0.25) is 0 Å². The second kappa shape index (κ2) is 6.02. The molecule has 0 bridgehead atoms. The van der Waals surface area contributed by atoms with Crippen molar-refractivity contribution in [1.82, 2.24) is 4.90 Å². The van der Waals surface area contributed by atoms with Crippen LogP contribution in [0.1, 0.15) is 45.1 Å². The molecule has 2 N–H and O–H groups in total. The highest BCUT2D eigenvalue weighted by atomic mass is 19.1. The van der Waals surface area contributed by atoms with E-state index in [1.807, 2.05) is 19.1 Å². The molecule has 19 heavy (non-hydrogen) atoms. The Morgan fingerprint density at radius 2 is 1.74 bits per heavy atom. The zero-order valence-electron chi connectivity index (χ0n) is 12.0. The first-order chi connectivity index (χ1) is 9.03. The van der Waals surface area contributed by atoms with Crippen molar-refractivity contribution in [2.75, 3.05) is 13.1 Å². The van der Waals surface area contributed by atoms with Crippen LogP contribution in [0, 0.1) is 5.82 Å². The van der Waals surface area contributed by atoms with Crippen LogP contribution in [-0.4, -0.2) is 24.0 Å². The van der Waals surface area contributed by atoms with Crippen molar-refractivity contribution < 1.29 is 4.39 Å². The summed E-state index contributed by atoms with van der Waals surface area (Å²) in [6.07, 6.45) is 5.03. The first-order valence-electron chi connectivity index (χ1n) is 7.31. The van der Waals surface area contributed by atoms with Gasteiger partial charge in [0, 0.05) is 11.6 Å². The molecule has 106 valence electrons. The number of nitrogens with zero attached hydrogens (tertiary/aromatic N) is 1. The summed E-state index contributed by atoms with van der Waals surface area (Å²) in [4.78, 5) is 2.42. The van der Waals surface area contributed by atoms with Gasteiger partial charge in [-0.15, -0.1) is 0 Å². The fourth-order valence-electron chi connectivity index (χ4n) is 2.98. The van der Waals surface area contributed by atoms with Gasteiger partial charge in [0.1, 0.15) is 5.82 Å². The van der Waals surface area contributed by atoms with Gasteiger partial charge in [-0.05, 0) is 45.8 Å². The van der Waals surface area contributed by atoms with Gasteiger partial charge in [-0.25, -0.2) is 4.39 Å². The molecule has 1 aliphatic rings. The summed E-state index contributed by atoms with van der Waals surface area (Å²) in [5.41, 5.74) is 6.44. The third-order valence-corrected chi connectivity index (χ3v) is 4.51. The van der Waals surface area contributed by atoms with E-state index < -0.39 is 5.54 Å². The first-order valence-corrected chi connectivity index (χ1v) is 7.31. The van der Waals surface area contributed by atoms with Crippen molar-refractivity contribution in [2.45, 2.75) is 51.1 Å². The number of rotatable bonds is 3. The van der Waals surface area contributed by atoms with E-state index in [2.05, 4.69) is 11.8 Å². The second-order valence-corrected chi connectivity index (χ2v) is 5.89. The van der Waals surface area contributed by atoms with Crippen molar-refractivity contribution in [3.63, 3.8) is 0 Å². The Hall–Kier alpha value is -0.930. The third-order valence-electron chi connectivity index (χ3n) is 4.51. The maximum absolute atomic E-state index is 14.0. The number of hydrogen-bond donors (Lipinski definition) is 1. The van der Waals surface area contributed by atoms with Crippen LogP contribution in [0.25, 0.3) is 0 Å². The molecular weight excluding hydrogens is 239 g/mol. The molecular formula is C16H25FN2. The molecule has 1 aromatic rings. The lowest BCUT2D eigenvalue weighted by atomic mass is 9.85. The minimum atomic E-state index is -0.657. The van der Waals surface area contributed by atoms with E-state index in [9.17, 15) is 4.39 Å². The average molecular weight is 264 g/mol. The Morgan fingerprint density at radius 3 is 2.32 bits per heavy atom. The molecule has 3 heteroatoms. The molecule has 0 saturated carbocycles. The van der Waals surface area contributed by atoms with E-state index in [1.54, 1.807) is 6.07 Å². The van der Waals surface area contributed by atoms with E-state index in [0.29, 0.717) is 5.56 Å². The lowest BCUT2D eigenvalue weighted by Crippen LogP contribution is -2.53. The fraction of sp³-hybridized carbons (Fsp3) is 0.625. The fourth-order valence-corrected chi connectivity index (χ4v) is 2.98. The molecule has 1 heterocycles. The normalized spacial score (nSPS) is 22.5.